The zero-order valence-electron chi connectivity index (χ0n) is 14.2. The number of likely N-dealkylation sites (N-methyl/N-ethyl adjacent to an activating group) is 1. The predicted molar refractivity (Wildman–Crippen MR) is 86.5 cm³/mol. The average Bonchev–Trinajstić information content (AvgIpc) is 2.39. The molecule has 0 saturated carbocycles. The zero-order valence-corrected chi connectivity index (χ0v) is 14.2. The number of carbonyl (C=O) groups excluding carboxylic acids is 1. The average molecular weight is 310 g/mol. The van der Waals surface area contributed by atoms with Gasteiger partial charge in [-0.25, -0.2) is 4.39 Å². The van der Waals surface area contributed by atoms with Gasteiger partial charge < -0.3 is 9.64 Å². The van der Waals surface area contributed by atoms with Gasteiger partial charge in [-0.15, -0.1) is 0 Å². The number of hydrogen-bond donors (Lipinski definition) is 0. The maximum absolute atomic E-state index is 12.8. The molecule has 0 aliphatic rings. The van der Waals surface area contributed by atoms with Crippen molar-refractivity contribution in [2.24, 2.45) is 0 Å². The molecule has 22 heavy (non-hydrogen) atoms. The normalized spacial score (nSPS) is 11.3. The van der Waals surface area contributed by atoms with Crippen LogP contribution < -0.4 is 4.74 Å². The molecule has 0 aromatic heterocycles. The fraction of sp³-hybridized carbons (Fsp3) is 0.588. The van der Waals surface area contributed by atoms with Crippen LogP contribution in [-0.2, 0) is 4.79 Å². The van der Waals surface area contributed by atoms with E-state index >= 15 is 0 Å². The minimum absolute atomic E-state index is 0.120. The van der Waals surface area contributed by atoms with Crippen molar-refractivity contribution in [2.75, 3.05) is 26.7 Å². The van der Waals surface area contributed by atoms with E-state index < -0.39 is 0 Å². The van der Waals surface area contributed by atoms with E-state index in [-0.39, 0.29) is 23.8 Å². The second kappa shape index (κ2) is 8.73. The van der Waals surface area contributed by atoms with Crippen LogP contribution in [0.3, 0.4) is 0 Å². The molecule has 1 aromatic carbocycles. The molecule has 0 aliphatic carbocycles. The minimum atomic E-state index is -0.280. The topological polar surface area (TPSA) is 32.8 Å². The third kappa shape index (κ3) is 6.02. The molecule has 4 nitrogen and oxygen atoms in total. The van der Waals surface area contributed by atoms with Crippen LogP contribution in [0.2, 0.25) is 0 Å². The van der Waals surface area contributed by atoms with Gasteiger partial charge in [0.1, 0.15) is 18.2 Å². The van der Waals surface area contributed by atoms with Crippen LogP contribution in [0, 0.1) is 5.82 Å². The third-order valence-electron chi connectivity index (χ3n) is 3.36. The molecule has 0 radical (unpaired) electrons. The van der Waals surface area contributed by atoms with E-state index in [1.807, 2.05) is 44.5 Å². The fourth-order valence-corrected chi connectivity index (χ4v) is 2.41. The molecular formula is C17H27FN2O2. The number of ether oxygens (including phenoxy) is 1. The van der Waals surface area contributed by atoms with E-state index in [0.29, 0.717) is 25.4 Å². The molecule has 0 saturated heterocycles. The smallest absolute Gasteiger partial charge is 0.237 e. The lowest BCUT2D eigenvalue weighted by molar-refractivity contribution is -0.135. The summed E-state index contributed by atoms with van der Waals surface area (Å²) in [6.45, 7) is 9.55. The Bertz CT molecular complexity index is 452. The second-order valence-corrected chi connectivity index (χ2v) is 6.03. The number of carbonyl (C=O) groups is 1. The summed E-state index contributed by atoms with van der Waals surface area (Å²) in [4.78, 5) is 16.1. The molecule has 1 aromatic rings. The lowest BCUT2D eigenvalue weighted by Gasteiger charge is -2.32. The SMILES string of the molecule is CC(C)N(C(=O)CN(C)CCOc1ccc(F)cc1)C(C)C. The van der Waals surface area contributed by atoms with Crippen LogP contribution in [0.5, 0.6) is 5.75 Å². The fourth-order valence-electron chi connectivity index (χ4n) is 2.41. The zero-order chi connectivity index (χ0) is 16.7. The molecule has 0 aliphatic heterocycles. The van der Waals surface area contributed by atoms with Crippen LogP contribution in [0.25, 0.3) is 0 Å². The third-order valence-corrected chi connectivity index (χ3v) is 3.36. The van der Waals surface area contributed by atoms with Crippen molar-refractivity contribution in [1.82, 2.24) is 9.80 Å². The summed E-state index contributed by atoms with van der Waals surface area (Å²) in [5.41, 5.74) is 0. The highest BCUT2D eigenvalue weighted by molar-refractivity contribution is 5.78. The first-order valence-corrected chi connectivity index (χ1v) is 7.69. The Balaban J connectivity index is 2.37. The van der Waals surface area contributed by atoms with Crippen LogP contribution in [0.4, 0.5) is 4.39 Å². The molecule has 0 heterocycles. The van der Waals surface area contributed by atoms with Crippen molar-refractivity contribution in [2.45, 2.75) is 39.8 Å². The summed E-state index contributed by atoms with van der Waals surface area (Å²) in [6, 6.07) is 6.31. The van der Waals surface area contributed by atoms with Crippen molar-refractivity contribution in [3.05, 3.63) is 30.1 Å². The van der Waals surface area contributed by atoms with Crippen molar-refractivity contribution in [3.8, 4) is 5.75 Å². The van der Waals surface area contributed by atoms with Gasteiger partial charge in [-0.3, -0.25) is 9.69 Å². The number of nitrogens with zero attached hydrogens (tertiary/aromatic N) is 2. The van der Waals surface area contributed by atoms with E-state index in [4.69, 9.17) is 4.74 Å². The molecule has 1 amide bonds. The Morgan fingerprint density at radius 1 is 1.14 bits per heavy atom. The number of benzene rings is 1. The molecule has 0 bridgehead atoms. The van der Waals surface area contributed by atoms with Gasteiger partial charge in [0, 0.05) is 18.6 Å². The van der Waals surface area contributed by atoms with Gasteiger partial charge in [-0.05, 0) is 59.0 Å². The maximum Gasteiger partial charge on any atom is 0.237 e. The van der Waals surface area contributed by atoms with E-state index in [9.17, 15) is 9.18 Å². The van der Waals surface area contributed by atoms with Gasteiger partial charge >= 0.3 is 0 Å². The molecular weight excluding hydrogens is 283 g/mol. The first-order chi connectivity index (χ1) is 10.3. The quantitative estimate of drug-likeness (QED) is 0.740. The van der Waals surface area contributed by atoms with Gasteiger partial charge in [-0.2, -0.15) is 0 Å². The summed E-state index contributed by atoms with van der Waals surface area (Å²) >= 11 is 0. The summed E-state index contributed by atoms with van der Waals surface area (Å²) in [7, 11) is 1.89. The van der Waals surface area contributed by atoms with Crippen LogP contribution in [0.15, 0.2) is 24.3 Å². The maximum atomic E-state index is 12.8. The van der Waals surface area contributed by atoms with Crippen molar-refractivity contribution >= 4 is 5.91 Å². The highest BCUT2D eigenvalue weighted by Gasteiger charge is 2.20. The summed E-state index contributed by atoms with van der Waals surface area (Å²) in [5, 5.41) is 0. The number of amides is 1. The van der Waals surface area contributed by atoms with E-state index in [1.54, 1.807) is 12.1 Å². The number of halogens is 1. The molecule has 0 spiro atoms. The predicted octanol–water partition coefficient (Wildman–Crippen LogP) is 2.78. The van der Waals surface area contributed by atoms with E-state index in [1.165, 1.54) is 12.1 Å². The number of hydrogen-bond acceptors (Lipinski definition) is 3. The lowest BCUT2D eigenvalue weighted by Crippen LogP contribution is -2.47. The van der Waals surface area contributed by atoms with E-state index in [2.05, 4.69) is 0 Å². The highest BCUT2D eigenvalue weighted by atomic mass is 19.1. The summed E-state index contributed by atoms with van der Waals surface area (Å²) < 4.78 is 18.3. The Kier molecular flexibility index (Phi) is 7.32. The molecule has 0 N–H and O–H groups in total. The minimum Gasteiger partial charge on any atom is -0.492 e. The highest BCUT2D eigenvalue weighted by Crippen LogP contribution is 2.11. The van der Waals surface area contributed by atoms with Gasteiger partial charge in [0.05, 0.1) is 6.54 Å². The van der Waals surface area contributed by atoms with Gasteiger partial charge in [0.2, 0.25) is 5.91 Å². The first-order valence-electron chi connectivity index (χ1n) is 7.69. The van der Waals surface area contributed by atoms with Gasteiger partial charge in [0.15, 0.2) is 0 Å². The van der Waals surface area contributed by atoms with Gasteiger partial charge in [-0.1, -0.05) is 0 Å². The molecule has 0 atom stereocenters. The Morgan fingerprint density at radius 2 is 1.68 bits per heavy atom. The molecule has 1 rings (SSSR count). The monoisotopic (exact) mass is 310 g/mol. The van der Waals surface area contributed by atoms with Crippen molar-refractivity contribution in [1.29, 1.82) is 0 Å². The first kappa shape index (κ1) is 18.4. The Morgan fingerprint density at radius 3 is 2.18 bits per heavy atom. The Hall–Kier alpha value is -1.62. The largest absolute Gasteiger partial charge is 0.492 e. The molecule has 124 valence electrons. The molecule has 0 unspecified atom stereocenters. The lowest BCUT2D eigenvalue weighted by atomic mass is 10.2. The van der Waals surface area contributed by atoms with Crippen LogP contribution in [-0.4, -0.2) is 54.5 Å². The van der Waals surface area contributed by atoms with Crippen LogP contribution >= 0.6 is 0 Å². The van der Waals surface area contributed by atoms with Gasteiger partial charge in [0.25, 0.3) is 0 Å². The second-order valence-electron chi connectivity index (χ2n) is 6.03. The van der Waals surface area contributed by atoms with E-state index in [0.717, 1.165) is 0 Å². The van der Waals surface area contributed by atoms with Crippen LogP contribution in [0.1, 0.15) is 27.7 Å². The molecule has 5 heteroatoms. The molecule has 0 fully saturated rings. The summed E-state index contributed by atoms with van der Waals surface area (Å²) in [5.74, 6) is 0.471. The Labute approximate surface area is 132 Å². The van der Waals surface area contributed by atoms with Crippen molar-refractivity contribution < 1.29 is 13.9 Å². The van der Waals surface area contributed by atoms with Crippen molar-refractivity contribution in [3.63, 3.8) is 0 Å². The summed E-state index contributed by atoms with van der Waals surface area (Å²) in [6.07, 6.45) is 0. The standard InChI is InChI=1S/C17H27FN2O2/c1-13(2)20(14(3)4)17(21)12-19(5)10-11-22-16-8-6-15(18)7-9-16/h6-9,13-14H,10-12H2,1-5H3. The number of rotatable bonds is 8.